The number of methoxy groups -OCH3 is 1. The molecular weight excluding hydrogens is 384 g/mol. The third kappa shape index (κ3) is 7.06. The molecule has 0 radical (unpaired) electrons. The summed E-state index contributed by atoms with van der Waals surface area (Å²) < 4.78 is 7.44. The fraction of sp³-hybridized carbons (Fsp3) is 0.407. The van der Waals surface area contributed by atoms with E-state index in [2.05, 4.69) is 97.1 Å². The van der Waals surface area contributed by atoms with Gasteiger partial charge in [0.25, 0.3) is 0 Å². The maximum absolute atomic E-state index is 10.3. The smallest absolute Gasteiger partial charge is 0.0900 e. The number of ether oxygens (including phenoxy) is 1. The van der Waals surface area contributed by atoms with Crippen LogP contribution < -0.4 is 0 Å². The largest absolute Gasteiger partial charge is 0.389 e. The van der Waals surface area contributed by atoms with Crippen molar-refractivity contribution in [3.63, 3.8) is 0 Å². The number of benzene rings is 2. The number of aliphatic hydroxyl groups excluding tert-OH is 1. The fourth-order valence-electron chi connectivity index (χ4n) is 3.85. The quantitative estimate of drug-likeness (QED) is 0.510. The first-order chi connectivity index (χ1) is 14.8. The van der Waals surface area contributed by atoms with Crippen LogP contribution in [0.15, 0.2) is 72.9 Å². The molecule has 1 N–H and O–H groups in total. The monoisotopic (exact) mass is 420 g/mol. The molecule has 0 saturated heterocycles. The first-order valence-corrected chi connectivity index (χ1v) is 11.0. The van der Waals surface area contributed by atoms with Crippen molar-refractivity contribution in [2.75, 3.05) is 20.3 Å². The van der Waals surface area contributed by atoms with E-state index in [1.165, 1.54) is 22.4 Å². The summed E-state index contributed by atoms with van der Waals surface area (Å²) in [4.78, 5) is 2.29. The van der Waals surface area contributed by atoms with Crippen LogP contribution in [0.2, 0.25) is 0 Å². The number of hydrogen-bond acceptors (Lipinski definition) is 3. The average molecular weight is 421 g/mol. The van der Waals surface area contributed by atoms with Gasteiger partial charge in [0.1, 0.15) is 0 Å². The molecule has 1 aromatic heterocycles. The zero-order chi connectivity index (χ0) is 22.3. The molecule has 4 heteroatoms. The summed E-state index contributed by atoms with van der Waals surface area (Å²) >= 11 is 0. The summed E-state index contributed by atoms with van der Waals surface area (Å²) in [7, 11) is 1.63. The molecule has 3 aromatic rings. The van der Waals surface area contributed by atoms with Crippen LogP contribution in [0.25, 0.3) is 0 Å². The minimum atomic E-state index is -0.512. The van der Waals surface area contributed by atoms with Gasteiger partial charge in [-0.25, -0.2) is 0 Å². The van der Waals surface area contributed by atoms with Crippen molar-refractivity contribution in [1.82, 2.24) is 9.47 Å². The normalized spacial score (nSPS) is 13.0. The molecule has 0 aliphatic rings. The zero-order valence-electron chi connectivity index (χ0n) is 19.3. The number of aromatic nitrogens is 1. The number of nitrogens with zero attached hydrogens (tertiary/aromatic N) is 2. The average Bonchev–Trinajstić information content (AvgIpc) is 3.15. The molecule has 3 rings (SSSR count). The summed E-state index contributed by atoms with van der Waals surface area (Å²) in [5.74, 6) is 0. The van der Waals surface area contributed by atoms with Crippen LogP contribution in [0, 0.1) is 0 Å². The Kier molecular flexibility index (Phi) is 8.08. The Morgan fingerprint density at radius 1 is 0.903 bits per heavy atom. The van der Waals surface area contributed by atoms with Gasteiger partial charge in [-0.2, -0.15) is 0 Å². The summed E-state index contributed by atoms with van der Waals surface area (Å²) in [6.07, 6.45) is 1.63. The highest BCUT2D eigenvalue weighted by Crippen LogP contribution is 2.23. The number of rotatable bonds is 10. The van der Waals surface area contributed by atoms with Crippen LogP contribution >= 0.6 is 0 Å². The Labute approximate surface area is 187 Å². The predicted octanol–water partition coefficient (Wildman–Crippen LogP) is 4.84. The van der Waals surface area contributed by atoms with E-state index < -0.39 is 6.10 Å². The maximum Gasteiger partial charge on any atom is 0.0900 e. The predicted molar refractivity (Wildman–Crippen MR) is 127 cm³/mol. The van der Waals surface area contributed by atoms with Crippen LogP contribution in [0.3, 0.4) is 0 Å². The van der Waals surface area contributed by atoms with E-state index in [0.29, 0.717) is 13.2 Å². The van der Waals surface area contributed by atoms with Crippen molar-refractivity contribution in [1.29, 1.82) is 0 Å². The van der Waals surface area contributed by atoms with Crippen LogP contribution in [-0.2, 0) is 29.8 Å². The molecule has 0 saturated carbocycles. The molecule has 1 atom stereocenters. The molecule has 0 bridgehead atoms. The second-order valence-corrected chi connectivity index (χ2v) is 9.34. The molecule has 4 nitrogen and oxygen atoms in total. The second-order valence-electron chi connectivity index (χ2n) is 9.34. The van der Waals surface area contributed by atoms with E-state index in [4.69, 9.17) is 4.74 Å². The fourth-order valence-corrected chi connectivity index (χ4v) is 3.85. The first kappa shape index (κ1) is 23.3. The lowest BCUT2D eigenvalue weighted by molar-refractivity contribution is 0.0333. The summed E-state index contributed by atoms with van der Waals surface area (Å²) in [6.45, 7) is 10.0. The Bertz CT molecular complexity index is 910. The zero-order valence-corrected chi connectivity index (χ0v) is 19.3. The molecular formula is C27H36N2O2. The van der Waals surface area contributed by atoms with Crippen LogP contribution in [-0.4, -0.2) is 40.9 Å². The standard InChI is InChI=1S/C27H36N2O2/c1-27(2,3)24-14-12-23(13-15-24)18-29-16-8-11-25(29)19-28(20-26(30)21-31-4)17-22-9-6-5-7-10-22/h5-16,26,30H,17-21H2,1-4H3. The van der Waals surface area contributed by atoms with E-state index in [9.17, 15) is 5.11 Å². The van der Waals surface area contributed by atoms with Gasteiger partial charge in [-0.3, -0.25) is 4.90 Å². The van der Waals surface area contributed by atoms with Gasteiger partial charge in [-0.05, 0) is 34.2 Å². The topological polar surface area (TPSA) is 37.6 Å². The van der Waals surface area contributed by atoms with E-state index in [1.54, 1.807) is 7.11 Å². The van der Waals surface area contributed by atoms with Gasteiger partial charge >= 0.3 is 0 Å². The van der Waals surface area contributed by atoms with Crippen molar-refractivity contribution in [2.45, 2.75) is 51.9 Å². The molecule has 0 aliphatic heterocycles. The Hall–Kier alpha value is -2.40. The van der Waals surface area contributed by atoms with E-state index >= 15 is 0 Å². The van der Waals surface area contributed by atoms with Gasteiger partial charge in [0.2, 0.25) is 0 Å². The first-order valence-electron chi connectivity index (χ1n) is 11.0. The Morgan fingerprint density at radius 2 is 1.61 bits per heavy atom. The minimum Gasteiger partial charge on any atom is -0.389 e. The van der Waals surface area contributed by atoms with Gasteiger partial charge in [-0.15, -0.1) is 0 Å². The molecule has 1 unspecified atom stereocenters. The maximum atomic E-state index is 10.3. The highest BCUT2D eigenvalue weighted by atomic mass is 16.5. The van der Waals surface area contributed by atoms with Gasteiger partial charge < -0.3 is 14.4 Å². The molecule has 0 spiro atoms. The SMILES string of the molecule is COCC(O)CN(Cc1ccccc1)Cc1cccn1Cc1ccc(C(C)(C)C)cc1. The molecule has 0 amide bonds. The Balaban J connectivity index is 1.72. The summed E-state index contributed by atoms with van der Waals surface area (Å²) in [6, 6.07) is 23.6. The summed E-state index contributed by atoms with van der Waals surface area (Å²) in [5.41, 5.74) is 5.28. The van der Waals surface area contributed by atoms with E-state index in [1.807, 2.05) is 6.07 Å². The lowest BCUT2D eigenvalue weighted by atomic mass is 9.87. The van der Waals surface area contributed by atoms with E-state index in [-0.39, 0.29) is 5.41 Å². The lowest BCUT2D eigenvalue weighted by Gasteiger charge is -2.26. The van der Waals surface area contributed by atoms with Gasteiger partial charge in [0, 0.05) is 45.2 Å². The van der Waals surface area contributed by atoms with Crippen LogP contribution in [0.1, 0.15) is 43.2 Å². The van der Waals surface area contributed by atoms with Crippen LogP contribution in [0.4, 0.5) is 0 Å². The number of hydrogen-bond donors (Lipinski definition) is 1. The van der Waals surface area contributed by atoms with Gasteiger partial charge in [0.05, 0.1) is 12.7 Å². The lowest BCUT2D eigenvalue weighted by Crippen LogP contribution is -2.34. The molecule has 0 aliphatic carbocycles. The molecule has 2 aromatic carbocycles. The summed E-state index contributed by atoms with van der Waals surface area (Å²) in [5, 5.41) is 10.3. The van der Waals surface area contributed by atoms with Crippen molar-refractivity contribution >= 4 is 0 Å². The highest BCUT2D eigenvalue weighted by molar-refractivity contribution is 5.28. The van der Waals surface area contributed by atoms with Gasteiger partial charge in [-0.1, -0.05) is 75.4 Å². The number of aliphatic hydroxyl groups is 1. The van der Waals surface area contributed by atoms with Gasteiger partial charge in [0.15, 0.2) is 0 Å². The molecule has 0 fully saturated rings. The van der Waals surface area contributed by atoms with Crippen molar-refractivity contribution < 1.29 is 9.84 Å². The van der Waals surface area contributed by atoms with Crippen molar-refractivity contribution in [2.24, 2.45) is 0 Å². The second kappa shape index (κ2) is 10.8. The molecule has 31 heavy (non-hydrogen) atoms. The van der Waals surface area contributed by atoms with E-state index in [0.717, 1.165) is 19.6 Å². The molecule has 1 heterocycles. The minimum absolute atomic E-state index is 0.165. The third-order valence-electron chi connectivity index (χ3n) is 5.56. The van der Waals surface area contributed by atoms with Crippen molar-refractivity contribution in [3.05, 3.63) is 95.3 Å². The molecule has 166 valence electrons. The third-order valence-corrected chi connectivity index (χ3v) is 5.56. The van der Waals surface area contributed by atoms with Crippen LogP contribution in [0.5, 0.6) is 0 Å². The highest BCUT2D eigenvalue weighted by Gasteiger charge is 2.16. The Morgan fingerprint density at radius 3 is 2.26 bits per heavy atom. The van der Waals surface area contributed by atoms with Crippen molar-refractivity contribution in [3.8, 4) is 0 Å².